The highest BCUT2D eigenvalue weighted by atomic mass is 127. The maximum atomic E-state index is 12.1. The SMILES string of the molecule is CN=C(NCC(C)Oc1ccc(OC)cc1)NC1CCN(C(=O)C(C)C)CC1.I. The van der Waals surface area contributed by atoms with Crippen LogP contribution < -0.4 is 20.1 Å². The number of ether oxygens (including phenoxy) is 2. The maximum Gasteiger partial charge on any atom is 0.225 e. The number of nitrogens with zero attached hydrogens (tertiary/aromatic N) is 2. The first-order valence-electron chi connectivity index (χ1n) is 9.99. The predicted octanol–water partition coefficient (Wildman–Crippen LogP) is 2.89. The Morgan fingerprint density at radius 1 is 1.17 bits per heavy atom. The summed E-state index contributed by atoms with van der Waals surface area (Å²) < 4.78 is 11.1. The Labute approximate surface area is 191 Å². The monoisotopic (exact) mass is 518 g/mol. The van der Waals surface area contributed by atoms with E-state index in [1.54, 1.807) is 14.2 Å². The van der Waals surface area contributed by atoms with Crippen molar-refractivity contribution in [3.05, 3.63) is 24.3 Å². The molecule has 1 unspecified atom stereocenters. The summed E-state index contributed by atoms with van der Waals surface area (Å²) in [5.74, 6) is 2.68. The highest BCUT2D eigenvalue weighted by Crippen LogP contribution is 2.18. The van der Waals surface area contributed by atoms with Crippen LogP contribution in [-0.2, 0) is 4.79 Å². The molecule has 2 N–H and O–H groups in total. The number of methoxy groups -OCH3 is 1. The number of guanidine groups is 1. The summed E-state index contributed by atoms with van der Waals surface area (Å²) in [6.07, 6.45) is 1.84. The van der Waals surface area contributed by atoms with Crippen LogP contribution >= 0.6 is 24.0 Å². The van der Waals surface area contributed by atoms with E-state index < -0.39 is 0 Å². The first kappa shape index (κ1) is 25.3. The second-order valence-electron chi connectivity index (χ2n) is 7.46. The van der Waals surface area contributed by atoms with E-state index in [1.165, 1.54) is 0 Å². The summed E-state index contributed by atoms with van der Waals surface area (Å²) in [7, 11) is 3.41. The molecule has 7 nitrogen and oxygen atoms in total. The maximum absolute atomic E-state index is 12.1. The number of rotatable bonds is 7. The molecule has 0 spiro atoms. The van der Waals surface area contributed by atoms with Crippen molar-refractivity contribution in [1.82, 2.24) is 15.5 Å². The molecule has 1 fully saturated rings. The standard InChI is InChI=1S/C21H34N4O3.HI/c1-15(2)20(26)25-12-10-17(11-13-25)24-21(22-4)23-14-16(3)28-19-8-6-18(27-5)7-9-19;/h6-9,15-17H,10-14H2,1-5H3,(H2,22,23,24);1H. The van der Waals surface area contributed by atoms with Crippen molar-refractivity contribution in [3.63, 3.8) is 0 Å². The van der Waals surface area contributed by atoms with Crippen molar-refractivity contribution in [2.24, 2.45) is 10.9 Å². The van der Waals surface area contributed by atoms with Gasteiger partial charge in [-0.3, -0.25) is 9.79 Å². The van der Waals surface area contributed by atoms with E-state index in [2.05, 4.69) is 15.6 Å². The van der Waals surface area contributed by atoms with Gasteiger partial charge in [0, 0.05) is 32.1 Å². The Kier molecular flexibility index (Phi) is 11.2. The third kappa shape index (κ3) is 8.28. The van der Waals surface area contributed by atoms with Crippen LogP contribution in [0.2, 0.25) is 0 Å². The Balaban J connectivity index is 0.00000420. The molecular weight excluding hydrogens is 483 g/mol. The van der Waals surface area contributed by atoms with Crippen molar-refractivity contribution in [2.45, 2.75) is 45.8 Å². The molecule has 1 aromatic rings. The molecule has 8 heteroatoms. The largest absolute Gasteiger partial charge is 0.497 e. The summed E-state index contributed by atoms with van der Waals surface area (Å²) in [5.41, 5.74) is 0. The zero-order valence-electron chi connectivity index (χ0n) is 18.1. The molecule has 2 rings (SSSR count). The minimum absolute atomic E-state index is 0. The van der Waals surface area contributed by atoms with E-state index in [0.29, 0.717) is 12.6 Å². The third-order valence-electron chi connectivity index (χ3n) is 4.82. The Bertz CT molecular complexity index is 644. The molecule has 0 saturated carbocycles. The molecule has 1 aliphatic rings. The lowest BCUT2D eigenvalue weighted by molar-refractivity contribution is -0.135. The number of hydrogen-bond donors (Lipinski definition) is 2. The second kappa shape index (κ2) is 12.8. The van der Waals surface area contributed by atoms with Gasteiger partial charge in [0.15, 0.2) is 5.96 Å². The minimum atomic E-state index is -0.0162. The summed E-state index contributed by atoms with van der Waals surface area (Å²) >= 11 is 0. The fourth-order valence-electron chi connectivity index (χ4n) is 3.17. The van der Waals surface area contributed by atoms with Crippen LogP contribution in [0.15, 0.2) is 29.3 Å². The van der Waals surface area contributed by atoms with Crippen molar-refractivity contribution in [3.8, 4) is 11.5 Å². The lowest BCUT2D eigenvalue weighted by atomic mass is 10.0. The molecule has 0 bridgehead atoms. The van der Waals surface area contributed by atoms with Gasteiger partial charge < -0.3 is 25.0 Å². The number of hydrogen-bond acceptors (Lipinski definition) is 4. The number of carbonyl (C=O) groups excluding carboxylic acids is 1. The quantitative estimate of drug-likeness (QED) is 0.330. The number of benzene rings is 1. The lowest BCUT2D eigenvalue weighted by Gasteiger charge is -2.34. The highest BCUT2D eigenvalue weighted by Gasteiger charge is 2.24. The van der Waals surface area contributed by atoms with Gasteiger partial charge >= 0.3 is 0 Å². The van der Waals surface area contributed by atoms with Crippen LogP contribution in [0.3, 0.4) is 0 Å². The zero-order chi connectivity index (χ0) is 20.5. The van der Waals surface area contributed by atoms with Gasteiger partial charge in [0.25, 0.3) is 0 Å². The molecule has 1 atom stereocenters. The summed E-state index contributed by atoms with van der Waals surface area (Å²) in [6, 6.07) is 7.88. The number of likely N-dealkylation sites (tertiary alicyclic amines) is 1. The molecule has 0 aliphatic carbocycles. The van der Waals surface area contributed by atoms with Crippen molar-refractivity contribution < 1.29 is 14.3 Å². The number of amides is 1. The molecule has 1 saturated heterocycles. The molecular formula is C21H35IN4O3. The topological polar surface area (TPSA) is 75.2 Å². The first-order valence-corrected chi connectivity index (χ1v) is 9.99. The van der Waals surface area contributed by atoms with Crippen LogP contribution in [0.4, 0.5) is 0 Å². The molecule has 1 aliphatic heterocycles. The number of nitrogens with one attached hydrogen (secondary N) is 2. The van der Waals surface area contributed by atoms with E-state index in [4.69, 9.17) is 9.47 Å². The summed E-state index contributed by atoms with van der Waals surface area (Å²) in [6.45, 7) is 8.14. The Morgan fingerprint density at radius 3 is 2.28 bits per heavy atom. The van der Waals surface area contributed by atoms with Gasteiger partial charge in [-0.05, 0) is 44.0 Å². The van der Waals surface area contributed by atoms with Crippen molar-refractivity contribution in [1.29, 1.82) is 0 Å². The van der Waals surface area contributed by atoms with E-state index in [0.717, 1.165) is 43.4 Å². The third-order valence-corrected chi connectivity index (χ3v) is 4.82. The average molecular weight is 518 g/mol. The lowest BCUT2D eigenvalue weighted by Crippen LogP contribution is -2.51. The highest BCUT2D eigenvalue weighted by molar-refractivity contribution is 14.0. The van der Waals surface area contributed by atoms with Gasteiger partial charge in [0.1, 0.15) is 17.6 Å². The van der Waals surface area contributed by atoms with Crippen molar-refractivity contribution >= 4 is 35.8 Å². The second-order valence-corrected chi connectivity index (χ2v) is 7.46. The van der Waals surface area contributed by atoms with Crippen LogP contribution in [0, 0.1) is 5.92 Å². The molecule has 1 amide bonds. The number of halogens is 1. The normalized spacial score (nSPS) is 16.1. The fourth-order valence-corrected chi connectivity index (χ4v) is 3.17. The minimum Gasteiger partial charge on any atom is -0.497 e. The van der Waals surface area contributed by atoms with Gasteiger partial charge in [0.2, 0.25) is 5.91 Å². The van der Waals surface area contributed by atoms with E-state index in [1.807, 2.05) is 49.9 Å². The van der Waals surface area contributed by atoms with Crippen LogP contribution in [0.25, 0.3) is 0 Å². The molecule has 1 aromatic carbocycles. The molecule has 29 heavy (non-hydrogen) atoms. The summed E-state index contributed by atoms with van der Waals surface area (Å²) in [4.78, 5) is 18.4. The van der Waals surface area contributed by atoms with Crippen molar-refractivity contribution in [2.75, 3.05) is 33.8 Å². The molecule has 0 aromatic heterocycles. The first-order chi connectivity index (χ1) is 13.4. The Hall–Kier alpha value is -1.71. The number of aliphatic imine (C=N–C) groups is 1. The molecule has 1 heterocycles. The van der Waals surface area contributed by atoms with Gasteiger partial charge in [-0.1, -0.05) is 13.8 Å². The van der Waals surface area contributed by atoms with Gasteiger partial charge in [-0.2, -0.15) is 0 Å². The smallest absolute Gasteiger partial charge is 0.225 e. The number of piperidine rings is 1. The fraction of sp³-hybridized carbons (Fsp3) is 0.619. The van der Waals surface area contributed by atoms with Crippen LogP contribution in [0.5, 0.6) is 11.5 Å². The van der Waals surface area contributed by atoms with E-state index in [9.17, 15) is 4.79 Å². The predicted molar refractivity (Wildman–Crippen MR) is 127 cm³/mol. The zero-order valence-corrected chi connectivity index (χ0v) is 20.4. The van der Waals surface area contributed by atoms with Gasteiger partial charge in [-0.15, -0.1) is 24.0 Å². The Morgan fingerprint density at radius 2 is 1.76 bits per heavy atom. The van der Waals surface area contributed by atoms with Gasteiger partial charge in [0.05, 0.1) is 13.7 Å². The van der Waals surface area contributed by atoms with Gasteiger partial charge in [-0.25, -0.2) is 0 Å². The average Bonchev–Trinajstić information content (AvgIpc) is 2.71. The van der Waals surface area contributed by atoms with Crippen LogP contribution in [-0.4, -0.2) is 62.7 Å². The summed E-state index contributed by atoms with van der Waals surface area (Å²) in [5, 5.41) is 6.78. The van der Waals surface area contributed by atoms with Crippen LogP contribution in [0.1, 0.15) is 33.6 Å². The van der Waals surface area contributed by atoms with E-state index >= 15 is 0 Å². The number of carbonyl (C=O) groups is 1. The molecule has 164 valence electrons. The molecule has 0 radical (unpaired) electrons. The van der Waals surface area contributed by atoms with E-state index in [-0.39, 0.29) is 41.9 Å².